The summed E-state index contributed by atoms with van der Waals surface area (Å²) in [6.07, 6.45) is 2.13. The van der Waals surface area contributed by atoms with Crippen LogP contribution in [-0.4, -0.2) is 41.4 Å². The van der Waals surface area contributed by atoms with Crippen molar-refractivity contribution in [2.24, 2.45) is 5.73 Å². The Kier molecular flexibility index (Phi) is 9.20. The van der Waals surface area contributed by atoms with E-state index in [1.807, 2.05) is 26.4 Å². The molecule has 1 heterocycles. The van der Waals surface area contributed by atoms with E-state index in [2.05, 4.69) is 16.0 Å². The van der Waals surface area contributed by atoms with Crippen molar-refractivity contribution in [3.05, 3.63) is 29.6 Å². The highest BCUT2D eigenvalue weighted by Gasteiger charge is 2.05. The molecule has 0 aromatic carbocycles. The molecule has 3 N–H and O–H groups in total. The second-order valence-corrected chi connectivity index (χ2v) is 5.64. The average molecular weight is 317 g/mol. The van der Waals surface area contributed by atoms with Gasteiger partial charge in [0.1, 0.15) is 0 Å². The molecule has 0 aliphatic heterocycles. The molecular weight excluding hydrogens is 296 g/mol. The minimum absolute atomic E-state index is 0. The minimum Gasteiger partial charge on any atom is -0.381 e. The van der Waals surface area contributed by atoms with Gasteiger partial charge in [-0.2, -0.15) is 11.8 Å². The molecule has 0 spiro atoms. The van der Waals surface area contributed by atoms with Gasteiger partial charge in [0.05, 0.1) is 5.69 Å². The van der Waals surface area contributed by atoms with E-state index >= 15 is 0 Å². The van der Waals surface area contributed by atoms with Crippen LogP contribution in [0.4, 0.5) is 0 Å². The summed E-state index contributed by atoms with van der Waals surface area (Å²) in [5.74, 6) is 0.790. The van der Waals surface area contributed by atoms with Crippen LogP contribution < -0.4 is 5.73 Å². The monoisotopic (exact) mass is 316 g/mol. The van der Waals surface area contributed by atoms with Gasteiger partial charge in [-0.1, -0.05) is 0 Å². The third-order valence-electron chi connectivity index (χ3n) is 2.40. The summed E-state index contributed by atoms with van der Waals surface area (Å²) in [4.78, 5) is 17.6. The first-order valence-electron chi connectivity index (χ1n) is 6.02. The predicted octanol–water partition coefficient (Wildman–Crippen LogP) is 1.69. The molecule has 112 valence electrons. The number of thioether (sulfide) groups is 1. The van der Waals surface area contributed by atoms with Crippen LogP contribution in [0.1, 0.15) is 17.7 Å². The predicted molar refractivity (Wildman–Crippen MR) is 86.6 cm³/mol. The zero-order chi connectivity index (χ0) is 14.3. The van der Waals surface area contributed by atoms with Gasteiger partial charge in [-0.15, -0.1) is 12.4 Å². The number of carbonyl (C=O) groups excluding carboxylic acids is 1. The van der Waals surface area contributed by atoms with E-state index in [-0.39, 0.29) is 24.0 Å². The Morgan fingerprint density at radius 1 is 1.50 bits per heavy atom. The van der Waals surface area contributed by atoms with Crippen molar-refractivity contribution in [2.45, 2.75) is 18.7 Å². The van der Waals surface area contributed by atoms with Crippen LogP contribution in [0.5, 0.6) is 0 Å². The molecule has 7 heteroatoms. The number of nitrogens with one attached hydrogen (secondary N) is 1. The van der Waals surface area contributed by atoms with Crippen LogP contribution >= 0.6 is 24.2 Å². The van der Waals surface area contributed by atoms with Crippen LogP contribution in [0.15, 0.2) is 18.3 Å². The van der Waals surface area contributed by atoms with Crippen LogP contribution in [0.25, 0.3) is 0 Å². The molecule has 0 saturated carbocycles. The van der Waals surface area contributed by atoms with Crippen LogP contribution in [0, 0.1) is 5.41 Å². The third kappa shape index (κ3) is 7.47. The molecule has 5 nitrogen and oxygen atoms in total. The number of ketones is 1. The van der Waals surface area contributed by atoms with E-state index in [4.69, 9.17) is 11.1 Å². The number of aromatic nitrogens is 1. The second kappa shape index (κ2) is 9.74. The number of carbonyl (C=O) groups is 1. The number of nitrogens with two attached hydrogens (primary N) is 1. The fourth-order valence-electron chi connectivity index (χ4n) is 1.55. The summed E-state index contributed by atoms with van der Waals surface area (Å²) in [6.45, 7) is 0.892. The lowest BCUT2D eigenvalue weighted by atomic mass is 10.2. The fraction of sp³-hybridized carbons (Fsp3) is 0.462. The first-order valence-corrected chi connectivity index (χ1v) is 7.18. The van der Waals surface area contributed by atoms with Crippen molar-refractivity contribution in [1.29, 1.82) is 5.41 Å². The molecule has 1 aromatic heterocycles. The number of halogens is 1. The van der Waals surface area contributed by atoms with Gasteiger partial charge in [0.2, 0.25) is 0 Å². The fourth-order valence-corrected chi connectivity index (χ4v) is 2.39. The van der Waals surface area contributed by atoms with Gasteiger partial charge in [-0.3, -0.25) is 15.2 Å². The molecule has 0 bridgehead atoms. The Labute approximate surface area is 130 Å². The summed E-state index contributed by atoms with van der Waals surface area (Å²) in [5.41, 5.74) is 7.35. The number of amidine groups is 1. The van der Waals surface area contributed by atoms with E-state index < -0.39 is 0 Å². The number of Topliss-reactive ketones (excluding diaryl/α,β-unsaturated/α-hetero) is 1. The van der Waals surface area contributed by atoms with Gasteiger partial charge in [0.25, 0.3) is 0 Å². The highest BCUT2D eigenvalue weighted by Crippen LogP contribution is 2.13. The molecule has 0 unspecified atom stereocenters. The van der Waals surface area contributed by atoms with Gasteiger partial charge < -0.3 is 10.6 Å². The largest absolute Gasteiger partial charge is 0.381 e. The Balaban J connectivity index is 0.00000361. The topological polar surface area (TPSA) is 83.1 Å². The number of rotatable bonds is 8. The zero-order valence-corrected chi connectivity index (χ0v) is 13.4. The summed E-state index contributed by atoms with van der Waals surface area (Å²) < 4.78 is 0. The summed E-state index contributed by atoms with van der Waals surface area (Å²) in [5, 5.41) is 7.00. The molecule has 1 aromatic rings. The first kappa shape index (κ1) is 18.9. The van der Waals surface area contributed by atoms with Gasteiger partial charge >= 0.3 is 0 Å². The zero-order valence-electron chi connectivity index (χ0n) is 11.8. The summed E-state index contributed by atoms with van der Waals surface area (Å²) in [6, 6.07) is 4.09. The lowest BCUT2D eigenvalue weighted by molar-refractivity contribution is -0.112. The lowest BCUT2D eigenvalue weighted by Crippen LogP contribution is -2.22. The van der Waals surface area contributed by atoms with E-state index in [9.17, 15) is 4.79 Å². The Morgan fingerprint density at radius 2 is 2.20 bits per heavy atom. The molecule has 1 rings (SSSR count). The van der Waals surface area contributed by atoms with Gasteiger partial charge in [0, 0.05) is 30.7 Å². The third-order valence-corrected chi connectivity index (χ3v) is 3.40. The maximum absolute atomic E-state index is 11.1. The van der Waals surface area contributed by atoms with Crippen LogP contribution in [0.2, 0.25) is 0 Å². The number of pyridine rings is 1. The number of nitrogens with zero attached hydrogens (tertiary/aromatic N) is 2. The average Bonchev–Trinajstić information content (AvgIpc) is 2.34. The lowest BCUT2D eigenvalue weighted by Gasteiger charge is -2.10. The van der Waals surface area contributed by atoms with Crippen molar-refractivity contribution in [3.8, 4) is 0 Å². The molecule has 0 amide bonds. The number of hydrogen-bond acceptors (Lipinski definition) is 5. The SMILES string of the molecule is CN(C)Cc1ccnc(CSCCC(=O)C(=N)N)c1.Cl. The molecule has 0 radical (unpaired) electrons. The van der Waals surface area contributed by atoms with E-state index in [0.717, 1.165) is 18.0 Å². The molecule has 0 aliphatic rings. The standard InChI is InChI=1S/C13H20N4OS.ClH/c1-17(2)8-10-3-5-16-11(7-10)9-19-6-4-12(18)13(14)15;/h3,5,7H,4,6,8-9H2,1-2H3,(H3,14,15);1H. The van der Waals surface area contributed by atoms with Crippen LogP contribution in [0.3, 0.4) is 0 Å². The molecule has 0 fully saturated rings. The van der Waals surface area contributed by atoms with Crippen LogP contribution in [-0.2, 0) is 17.1 Å². The maximum atomic E-state index is 11.1. The van der Waals surface area contributed by atoms with Crippen molar-refractivity contribution >= 4 is 35.8 Å². The van der Waals surface area contributed by atoms with Crippen molar-refractivity contribution < 1.29 is 4.79 Å². The Hall–Kier alpha value is -1.11. The molecule has 0 aliphatic carbocycles. The summed E-state index contributed by atoms with van der Waals surface area (Å²) >= 11 is 1.63. The molecule has 0 saturated heterocycles. The normalized spacial score (nSPS) is 10.2. The van der Waals surface area contributed by atoms with E-state index in [1.54, 1.807) is 11.8 Å². The first-order chi connectivity index (χ1) is 8.99. The second-order valence-electron chi connectivity index (χ2n) is 4.53. The van der Waals surface area contributed by atoms with E-state index in [1.165, 1.54) is 5.56 Å². The number of hydrogen-bond donors (Lipinski definition) is 2. The van der Waals surface area contributed by atoms with Crippen molar-refractivity contribution in [2.75, 3.05) is 19.8 Å². The minimum atomic E-state index is -0.355. The van der Waals surface area contributed by atoms with Gasteiger partial charge in [-0.25, -0.2) is 0 Å². The summed E-state index contributed by atoms with van der Waals surface area (Å²) in [7, 11) is 4.06. The van der Waals surface area contributed by atoms with Crippen molar-refractivity contribution in [1.82, 2.24) is 9.88 Å². The van der Waals surface area contributed by atoms with E-state index in [0.29, 0.717) is 12.2 Å². The Bertz CT molecular complexity index is 454. The smallest absolute Gasteiger partial charge is 0.197 e. The highest BCUT2D eigenvalue weighted by atomic mass is 35.5. The molecule has 20 heavy (non-hydrogen) atoms. The van der Waals surface area contributed by atoms with Gasteiger partial charge in [0.15, 0.2) is 11.6 Å². The highest BCUT2D eigenvalue weighted by molar-refractivity contribution is 7.98. The Morgan fingerprint density at radius 3 is 2.80 bits per heavy atom. The maximum Gasteiger partial charge on any atom is 0.197 e. The van der Waals surface area contributed by atoms with Gasteiger partial charge in [-0.05, 0) is 31.8 Å². The van der Waals surface area contributed by atoms with Crippen molar-refractivity contribution in [3.63, 3.8) is 0 Å². The molecular formula is C13H21ClN4OS. The molecule has 0 atom stereocenters. The quantitative estimate of drug-likeness (QED) is 0.433.